The number of carbonyl (C=O) groups excluding carboxylic acids is 3. The number of para-hydroxylation sites is 1. The van der Waals surface area contributed by atoms with Crippen LogP contribution in [0.5, 0.6) is 17.2 Å². The first-order valence-electron chi connectivity index (χ1n) is 16.1. The summed E-state index contributed by atoms with van der Waals surface area (Å²) in [7, 11) is 7.14. The Bertz CT molecular complexity index is 1680. The number of benzene rings is 4. The molecule has 0 spiro atoms. The van der Waals surface area contributed by atoms with Crippen molar-refractivity contribution in [2.24, 2.45) is 0 Å². The van der Waals surface area contributed by atoms with E-state index in [1.165, 1.54) is 0 Å². The maximum Gasteiger partial charge on any atom is 0.320 e. The lowest BCUT2D eigenvalue weighted by Gasteiger charge is -2.21. The molecule has 48 heavy (non-hydrogen) atoms. The second-order valence-corrected chi connectivity index (χ2v) is 12.0. The first kappa shape index (κ1) is 36.0. The molecule has 0 amide bonds. The van der Waals surface area contributed by atoms with Crippen LogP contribution in [0.1, 0.15) is 48.8 Å². The molecule has 2 atom stereocenters. The van der Waals surface area contributed by atoms with Gasteiger partial charge in [0.15, 0.2) is 0 Å². The van der Waals surface area contributed by atoms with Gasteiger partial charge in [0, 0.05) is 13.0 Å². The largest absolute Gasteiger partial charge is 0.497 e. The van der Waals surface area contributed by atoms with Crippen LogP contribution in [0.15, 0.2) is 84.9 Å². The number of aryl methyl sites for hydroxylation is 2. The van der Waals surface area contributed by atoms with Crippen molar-refractivity contribution in [1.29, 1.82) is 0 Å². The first-order valence-corrected chi connectivity index (χ1v) is 16.1. The van der Waals surface area contributed by atoms with Gasteiger partial charge >= 0.3 is 17.9 Å². The third kappa shape index (κ3) is 10.8. The Morgan fingerprint density at radius 3 is 2.23 bits per heavy atom. The molecule has 4 aromatic rings. The van der Waals surface area contributed by atoms with E-state index >= 15 is 0 Å². The summed E-state index contributed by atoms with van der Waals surface area (Å²) >= 11 is 0. The molecular formula is C39H45NO8. The maximum absolute atomic E-state index is 12.8. The number of hydrogen-bond donors (Lipinski definition) is 0. The van der Waals surface area contributed by atoms with E-state index in [-0.39, 0.29) is 19.4 Å². The number of ether oxygens (including phenoxy) is 5. The Labute approximate surface area is 282 Å². The van der Waals surface area contributed by atoms with Crippen molar-refractivity contribution >= 4 is 28.7 Å². The Kier molecular flexibility index (Phi) is 13.4. The standard InChI is InChI=1S/C39H45NO8/c1-27(30-15-16-32-25-34(45-5)18-17-31(32)24-30)39(43)48-38(42)20-19-37(41)47-35(21-22-40(2)3)26-46-36-12-7-6-10-29(36)14-13-28-9-8-11-33(23-28)44-4/h6-12,15-18,23-25,27,35H,13-14,19-22,26H2,1-5H3/t27-,35?/m0/s1. The van der Waals surface area contributed by atoms with Crippen LogP contribution < -0.4 is 14.2 Å². The second-order valence-electron chi connectivity index (χ2n) is 12.0. The SMILES string of the molecule is COc1cccc(CCc2ccccc2OCC(CCN(C)C)OC(=O)CCC(=O)OC(=O)[C@@H](C)c2ccc3cc(OC)ccc3c2)c1. The van der Waals surface area contributed by atoms with Gasteiger partial charge in [0.2, 0.25) is 0 Å². The molecular weight excluding hydrogens is 610 g/mol. The van der Waals surface area contributed by atoms with Crippen LogP contribution >= 0.6 is 0 Å². The monoisotopic (exact) mass is 655 g/mol. The minimum Gasteiger partial charge on any atom is -0.497 e. The number of methoxy groups -OCH3 is 2. The van der Waals surface area contributed by atoms with E-state index in [1.807, 2.05) is 97.9 Å². The van der Waals surface area contributed by atoms with E-state index in [2.05, 4.69) is 6.07 Å². The van der Waals surface area contributed by atoms with Crippen LogP contribution in [-0.4, -0.2) is 70.4 Å². The molecule has 0 fully saturated rings. The fraction of sp³-hybridized carbons (Fsp3) is 0.359. The molecule has 0 saturated carbocycles. The van der Waals surface area contributed by atoms with E-state index in [1.54, 1.807) is 21.1 Å². The number of fused-ring (bicyclic) bond motifs is 1. The van der Waals surface area contributed by atoms with Crippen LogP contribution in [0, 0.1) is 0 Å². The van der Waals surface area contributed by atoms with Gasteiger partial charge in [-0.1, -0.05) is 54.6 Å². The van der Waals surface area contributed by atoms with Gasteiger partial charge in [-0.3, -0.25) is 14.4 Å². The minimum atomic E-state index is -0.777. The summed E-state index contributed by atoms with van der Waals surface area (Å²) in [5, 5.41) is 1.91. The van der Waals surface area contributed by atoms with Crippen molar-refractivity contribution in [1.82, 2.24) is 4.90 Å². The zero-order chi connectivity index (χ0) is 34.5. The fourth-order valence-corrected chi connectivity index (χ4v) is 5.19. The Balaban J connectivity index is 1.28. The molecule has 0 radical (unpaired) electrons. The number of nitrogens with zero attached hydrogens (tertiary/aromatic N) is 1. The predicted molar refractivity (Wildman–Crippen MR) is 185 cm³/mol. The average molecular weight is 656 g/mol. The van der Waals surface area contributed by atoms with Crippen LogP contribution in [-0.2, 0) is 36.7 Å². The minimum absolute atomic E-state index is 0.161. The number of rotatable bonds is 17. The smallest absolute Gasteiger partial charge is 0.320 e. The molecule has 0 saturated heterocycles. The Morgan fingerprint density at radius 2 is 1.46 bits per heavy atom. The first-order chi connectivity index (χ1) is 23.1. The van der Waals surface area contributed by atoms with E-state index in [9.17, 15) is 14.4 Å². The third-order valence-electron chi connectivity index (χ3n) is 8.08. The Morgan fingerprint density at radius 1 is 0.750 bits per heavy atom. The highest BCUT2D eigenvalue weighted by Gasteiger charge is 2.23. The molecule has 4 aromatic carbocycles. The summed E-state index contributed by atoms with van der Waals surface area (Å²) in [6.45, 7) is 2.52. The zero-order valence-corrected chi connectivity index (χ0v) is 28.4. The Hall–Kier alpha value is -4.89. The summed E-state index contributed by atoms with van der Waals surface area (Å²) in [5.41, 5.74) is 2.92. The molecule has 9 nitrogen and oxygen atoms in total. The highest BCUT2D eigenvalue weighted by Crippen LogP contribution is 2.26. The van der Waals surface area contributed by atoms with Crippen LogP contribution in [0.2, 0.25) is 0 Å². The molecule has 0 aliphatic heterocycles. The summed E-state index contributed by atoms with van der Waals surface area (Å²) in [6.07, 6.45) is 1.10. The van der Waals surface area contributed by atoms with Gasteiger partial charge < -0.3 is 28.6 Å². The lowest BCUT2D eigenvalue weighted by atomic mass is 9.98. The van der Waals surface area contributed by atoms with Gasteiger partial charge in [-0.15, -0.1) is 0 Å². The summed E-state index contributed by atoms with van der Waals surface area (Å²) < 4.78 is 27.6. The fourth-order valence-electron chi connectivity index (χ4n) is 5.19. The molecule has 9 heteroatoms. The van der Waals surface area contributed by atoms with Crippen molar-refractivity contribution < 1.29 is 38.1 Å². The van der Waals surface area contributed by atoms with Gasteiger partial charge in [-0.05, 0) is 91.7 Å². The van der Waals surface area contributed by atoms with Gasteiger partial charge in [0.25, 0.3) is 0 Å². The molecule has 0 aliphatic rings. The second kappa shape index (κ2) is 17.9. The number of esters is 3. The molecule has 0 aromatic heterocycles. The van der Waals surface area contributed by atoms with Crippen molar-refractivity contribution in [2.45, 2.75) is 51.0 Å². The average Bonchev–Trinajstić information content (AvgIpc) is 3.10. The third-order valence-corrected chi connectivity index (χ3v) is 8.08. The normalized spacial score (nSPS) is 12.3. The van der Waals surface area contributed by atoms with Gasteiger partial charge in [-0.25, -0.2) is 0 Å². The van der Waals surface area contributed by atoms with E-state index in [4.69, 9.17) is 23.7 Å². The highest BCUT2D eigenvalue weighted by molar-refractivity contribution is 5.92. The van der Waals surface area contributed by atoms with Gasteiger partial charge in [0.1, 0.15) is 30.0 Å². The van der Waals surface area contributed by atoms with Crippen LogP contribution in [0.3, 0.4) is 0 Å². The topological polar surface area (TPSA) is 101 Å². The molecule has 0 aliphatic carbocycles. The molecule has 0 heterocycles. The van der Waals surface area contributed by atoms with E-state index in [0.29, 0.717) is 13.0 Å². The summed E-state index contributed by atoms with van der Waals surface area (Å²) in [6, 6.07) is 27.1. The lowest BCUT2D eigenvalue weighted by molar-refractivity contribution is -0.163. The van der Waals surface area contributed by atoms with E-state index in [0.717, 1.165) is 57.6 Å². The van der Waals surface area contributed by atoms with Crippen LogP contribution in [0.25, 0.3) is 10.8 Å². The molecule has 0 bridgehead atoms. The summed E-state index contributed by atoms with van der Waals surface area (Å²) in [5.74, 6) is -0.392. The molecule has 254 valence electrons. The molecule has 4 rings (SSSR count). The lowest BCUT2D eigenvalue weighted by Crippen LogP contribution is -2.29. The van der Waals surface area contributed by atoms with Gasteiger partial charge in [0.05, 0.1) is 33.0 Å². The van der Waals surface area contributed by atoms with E-state index < -0.39 is 29.9 Å². The number of hydrogen-bond acceptors (Lipinski definition) is 9. The highest BCUT2D eigenvalue weighted by atomic mass is 16.6. The molecule has 0 N–H and O–H groups in total. The predicted octanol–water partition coefficient (Wildman–Crippen LogP) is 6.54. The summed E-state index contributed by atoms with van der Waals surface area (Å²) in [4.78, 5) is 40.1. The van der Waals surface area contributed by atoms with Crippen LogP contribution in [0.4, 0.5) is 0 Å². The van der Waals surface area contributed by atoms with Crippen molar-refractivity contribution in [2.75, 3.05) is 41.5 Å². The number of carbonyl (C=O) groups is 3. The zero-order valence-electron chi connectivity index (χ0n) is 28.4. The van der Waals surface area contributed by atoms with Crippen molar-refractivity contribution in [3.05, 3.63) is 102 Å². The van der Waals surface area contributed by atoms with Gasteiger partial charge in [-0.2, -0.15) is 0 Å². The maximum atomic E-state index is 12.8. The van der Waals surface area contributed by atoms with Crippen molar-refractivity contribution in [3.8, 4) is 17.2 Å². The quantitative estimate of drug-likeness (QED) is 0.0928. The molecule has 1 unspecified atom stereocenters. The van der Waals surface area contributed by atoms with Crippen molar-refractivity contribution in [3.63, 3.8) is 0 Å².